The summed E-state index contributed by atoms with van der Waals surface area (Å²) in [5, 5.41) is 1.55. The van der Waals surface area contributed by atoms with Gasteiger partial charge in [0.2, 0.25) is 0 Å². The molecule has 0 unspecified atom stereocenters. The summed E-state index contributed by atoms with van der Waals surface area (Å²) in [7, 11) is 0. The van der Waals surface area contributed by atoms with E-state index in [1.54, 1.807) is 23.1 Å². The Bertz CT molecular complexity index is 1050. The normalized spacial score (nSPS) is 14.4. The van der Waals surface area contributed by atoms with Gasteiger partial charge in [-0.3, -0.25) is 14.6 Å². The van der Waals surface area contributed by atoms with Crippen LogP contribution in [-0.4, -0.2) is 55.2 Å². The first-order valence-electron chi connectivity index (χ1n) is 9.96. The number of fused-ring (bicyclic) bond motifs is 1. The number of hydrogen-bond acceptors (Lipinski definition) is 5. The minimum Gasteiger partial charge on any atom is -0.379 e. The molecule has 0 aliphatic carbocycles. The average molecular weight is 501 g/mol. The molecule has 3 aromatic rings. The van der Waals surface area contributed by atoms with Crippen molar-refractivity contribution in [3.8, 4) is 0 Å². The Morgan fingerprint density at radius 1 is 1.23 bits per heavy atom. The van der Waals surface area contributed by atoms with E-state index in [0.717, 1.165) is 55.0 Å². The van der Waals surface area contributed by atoms with Crippen LogP contribution in [0.1, 0.15) is 22.3 Å². The molecule has 1 aromatic heterocycles. The molecule has 1 fully saturated rings. The van der Waals surface area contributed by atoms with Gasteiger partial charge in [0, 0.05) is 31.2 Å². The maximum absolute atomic E-state index is 13.5. The zero-order valence-corrected chi connectivity index (χ0v) is 20.3. The smallest absolute Gasteiger partial charge is 0.261 e. The molecule has 0 bridgehead atoms. The Morgan fingerprint density at radius 3 is 2.74 bits per heavy atom. The summed E-state index contributed by atoms with van der Waals surface area (Å²) in [6, 6.07) is 11.0. The summed E-state index contributed by atoms with van der Waals surface area (Å²) in [4.78, 5) is 22.4. The van der Waals surface area contributed by atoms with Crippen molar-refractivity contribution in [2.45, 2.75) is 13.3 Å². The van der Waals surface area contributed by atoms with Crippen LogP contribution in [0.2, 0.25) is 10.0 Å². The number of anilines is 1. The lowest BCUT2D eigenvalue weighted by Gasteiger charge is -2.27. The van der Waals surface area contributed by atoms with Crippen molar-refractivity contribution in [1.82, 2.24) is 9.88 Å². The molecule has 0 radical (unpaired) electrons. The molecule has 0 spiro atoms. The Hall–Kier alpha value is -1.41. The number of aryl methyl sites for hydroxylation is 1. The van der Waals surface area contributed by atoms with Gasteiger partial charge in [-0.15, -0.1) is 12.4 Å². The van der Waals surface area contributed by atoms with Crippen molar-refractivity contribution in [3.63, 3.8) is 0 Å². The molecule has 9 heteroatoms. The molecule has 5 nitrogen and oxygen atoms in total. The molecular weight excluding hydrogens is 477 g/mol. The fourth-order valence-corrected chi connectivity index (χ4v) is 5.00. The van der Waals surface area contributed by atoms with Gasteiger partial charge in [0.25, 0.3) is 5.91 Å². The number of carbonyl (C=O) groups is 1. The van der Waals surface area contributed by atoms with E-state index in [1.165, 1.54) is 11.3 Å². The molecule has 0 N–H and O–H groups in total. The predicted octanol–water partition coefficient (Wildman–Crippen LogP) is 5.70. The van der Waals surface area contributed by atoms with E-state index in [1.807, 2.05) is 25.1 Å². The summed E-state index contributed by atoms with van der Waals surface area (Å²) in [6.07, 6.45) is 0.832. The second kappa shape index (κ2) is 10.9. The van der Waals surface area contributed by atoms with Gasteiger partial charge in [-0.05, 0) is 43.2 Å². The van der Waals surface area contributed by atoms with Gasteiger partial charge in [0.15, 0.2) is 5.13 Å². The molecule has 0 atom stereocenters. The second-order valence-corrected chi connectivity index (χ2v) is 9.16. The third kappa shape index (κ3) is 5.69. The maximum atomic E-state index is 13.5. The molecule has 1 aliphatic rings. The minimum absolute atomic E-state index is 0. The zero-order chi connectivity index (χ0) is 21.1. The van der Waals surface area contributed by atoms with E-state index < -0.39 is 0 Å². The van der Waals surface area contributed by atoms with Crippen LogP contribution < -0.4 is 4.90 Å². The SMILES string of the molecule is Cc1cccc2sc(N(CCCN3CCOCC3)C(=O)c3cc(Cl)ccc3Cl)nc12.Cl. The van der Waals surface area contributed by atoms with Gasteiger partial charge in [-0.25, -0.2) is 4.98 Å². The van der Waals surface area contributed by atoms with Crippen molar-refractivity contribution in [1.29, 1.82) is 0 Å². The number of halogens is 3. The van der Waals surface area contributed by atoms with Gasteiger partial charge < -0.3 is 4.74 Å². The zero-order valence-electron chi connectivity index (χ0n) is 17.1. The molecule has 2 heterocycles. The van der Waals surface area contributed by atoms with Gasteiger partial charge in [0.05, 0.1) is 34.0 Å². The first-order valence-corrected chi connectivity index (χ1v) is 11.5. The van der Waals surface area contributed by atoms with Crippen LogP contribution in [0.4, 0.5) is 5.13 Å². The van der Waals surface area contributed by atoms with Crippen molar-refractivity contribution in [2.24, 2.45) is 0 Å². The van der Waals surface area contributed by atoms with Crippen molar-refractivity contribution in [2.75, 3.05) is 44.3 Å². The Balaban J connectivity index is 0.00000272. The number of carbonyl (C=O) groups excluding carboxylic acids is 1. The molecule has 4 rings (SSSR count). The fraction of sp³-hybridized carbons (Fsp3) is 0.364. The van der Waals surface area contributed by atoms with Gasteiger partial charge in [0.1, 0.15) is 0 Å². The topological polar surface area (TPSA) is 45.7 Å². The highest BCUT2D eigenvalue weighted by atomic mass is 35.5. The van der Waals surface area contributed by atoms with E-state index >= 15 is 0 Å². The Kier molecular flexibility index (Phi) is 8.56. The van der Waals surface area contributed by atoms with Crippen LogP contribution >= 0.6 is 46.9 Å². The number of rotatable bonds is 6. The molecular formula is C22H24Cl3N3O2S. The fourth-order valence-electron chi connectivity index (χ4n) is 3.56. The molecule has 166 valence electrons. The van der Waals surface area contributed by atoms with Crippen LogP contribution in [0.25, 0.3) is 10.2 Å². The highest BCUT2D eigenvalue weighted by molar-refractivity contribution is 7.22. The molecule has 2 aromatic carbocycles. The second-order valence-electron chi connectivity index (χ2n) is 7.31. The summed E-state index contributed by atoms with van der Waals surface area (Å²) in [5.74, 6) is -0.179. The third-order valence-electron chi connectivity index (χ3n) is 5.20. The first-order chi connectivity index (χ1) is 14.5. The Labute approximate surface area is 202 Å². The standard InChI is InChI=1S/C22H23Cl2N3O2S.ClH/c1-15-4-2-5-19-20(15)25-22(30-19)27(9-3-8-26-10-12-29-13-11-26)21(28)17-14-16(23)6-7-18(17)24;/h2,4-7,14H,3,8-13H2,1H3;1H. The van der Waals surface area contributed by atoms with Crippen LogP contribution in [0.15, 0.2) is 36.4 Å². The van der Waals surface area contributed by atoms with E-state index in [2.05, 4.69) is 4.90 Å². The predicted molar refractivity (Wildman–Crippen MR) is 132 cm³/mol. The van der Waals surface area contributed by atoms with Crippen LogP contribution in [-0.2, 0) is 4.74 Å². The molecule has 31 heavy (non-hydrogen) atoms. The summed E-state index contributed by atoms with van der Waals surface area (Å²) in [5.41, 5.74) is 2.42. The lowest BCUT2D eigenvalue weighted by atomic mass is 10.2. The molecule has 1 amide bonds. The number of aromatic nitrogens is 1. The molecule has 1 saturated heterocycles. The van der Waals surface area contributed by atoms with Crippen molar-refractivity contribution < 1.29 is 9.53 Å². The van der Waals surface area contributed by atoms with E-state index in [-0.39, 0.29) is 18.3 Å². The highest BCUT2D eigenvalue weighted by Gasteiger charge is 2.24. The summed E-state index contributed by atoms with van der Waals surface area (Å²) >= 11 is 14.0. The quantitative estimate of drug-likeness (QED) is 0.435. The number of nitrogens with zero attached hydrogens (tertiary/aromatic N) is 3. The summed E-state index contributed by atoms with van der Waals surface area (Å²) < 4.78 is 6.48. The highest BCUT2D eigenvalue weighted by Crippen LogP contribution is 2.32. The number of morpholine rings is 1. The number of benzene rings is 2. The van der Waals surface area contributed by atoms with Crippen LogP contribution in [0.5, 0.6) is 0 Å². The number of thiazole rings is 1. The number of hydrogen-bond donors (Lipinski definition) is 0. The monoisotopic (exact) mass is 499 g/mol. The third-order valence-corrected chi connectivity index (χ3v) is 6.81. The minimum atomic E-state index is -0.179. The number of amides is 1. The van der Waals surface area contributed by atoms with E-state index in [4.69, 9.17) is 32.9 Å². The lowest BCUT2D eigenvalue weighted by Crippen LogP contribution is -2.39. The molecule has 0 saturated carbocycles. The summed E-state index contributed by atoms with van der Waals surface area (Å²) in [6.45, 7) is 6.86. The molecule has 1 aliphatic heterocycles. The van der Waals surface area contributed by atoms with E-state index in [0.29, 0.717) is 27.3 Å². The first kappa shape index (κ1) is 24.2. The largest absolute Gasteiger partial charge is 0.379 e. The van der Waals surface area contributed by atoms with Crippen LogP contribution in [0, 0.1) is 6.92 Å². The lowest BCUT2D eigenvalue weighted by molar-refractivity contribution is 0.0376. The number of para-hydroxylation sites is 1. The van der Waals surface area contributed by atoms with E-state index in [9.17, 15) is 4.79 Å². The Morgan fingerprint density at radius 2 is 2.00 bits per heavy atom. The number of ether oxygens (including phenoxy) is 1. The van der Waals surface area contributed by atoms with Gasteiger partial charge in [-0.1, -0.05) is 46.7 Å². The van der Waals surface area contributed by atoms with Crippen LogP contribution in [0.3, 0.4) is 0 Å². The van der Waals surface area contributed by atoms with Crippen molar-refractivity contribution >= 4 is 68.2 Å². The average Bonchev–Trinajstić information content (AvgIpc) is 3.18. The van der Waals surface area contributed by atoms with Crippen molar-refractivity contribution in [3.05, 3.63) is 57.6 Å². The van der Waals surface area contributed by atoms with Gasteiger partial charge >= 0.3 is 0 Å². The maximum Gasteiger partial charge on any atom is 0.261 e. The van der Waals surface area contributed by atoms with Gasteiger partial charge in [-0.2, -0.15) is 0 Å².